The Labute approximate surface area is 130 Å². The van der Waals surface area contributed by atoms with Gasteiger partial charge in [0, 0.05) is 23.0 Å². The summed E-state index contributed by atoms with van der Waals surface area (Å²) < 4.78 is 0. The number of H-pyrrole nitrogens is 1. The molecule has 22 heavy (non-hydrogen) atoms. The average molecular weight is 292 g/mol. The van der Waals surface area contributed by atoms with Crippen LogP contribution in [0.2, 0.25) is 0 Å². The van der Waals surface area contributed by atoms with Crippen molar-refractivity contribution in [3.63, 3.8) is 0 Å². The number of fused-ring (bicyclic) bond motifs is 1. The van der Waals surface area contributed by atoms with Crippen molar-refractivity contribution < 1.29 is 4.99 Å². The Morgan fingerprint density at radius 3 is 2.55 bits per heavy atom. The van der Waals surface area contributed by atoms with E-state index in [4.69, 9.17) is 5.73 Å². The highest BCUT2D eigenvalue weighted by molar-refractivity contribution is 5.92. The van der Waals surface area contributed by atoms with E-state index in [2.05, 4.69) is 72.4 Å². The van der Waals surface area contributed by atoms with Crippen LogP contribution in [0.1, 0.15) is 22.4 Å². The molecule has 0 aliphatic heterocycles. The second-order valence-corrected chi connectivity index (χ2v) is 5.73. The van der Waals surface area contributed by atoms with E-state index in [0.717, 1.165) is 24.4 Å². The normalized spacial score (nSPS) is 12.0. The van der Waals surface area contributed by atoms with Gasteiger partial charge < -0.3 is 4.98 Å². The molecular weight excluding hydrogens is 270 g/mol. The molecule has 0 unspecified atom stereocenters. The van der Waals surface area contributed by atoms with Crippen molar-refractivity contribution >= 4 is 16.7 Å². The third-order valence-electron chi connectivity index (χ3n) is 4.08. The summed E-state index contributed by atoms with van der Waals surface area (Å²) in [6.45, 7) is 5.03. The van der Waals surface area contributed by atoms with Crippen LogP contribution in [-0.4, -0.2) is 17.4 Å². The summed E-state index contributed by atoms with van der Waals surface area (Å²) in [5.74, 6) is 0.734. The predicted octanol–water partition coefficient (Wildman–Crippen LogP) is 1.81. The van der Waals surface area contributed by atoms with Crippen LogP contribution in [0.15, 0.2) is 48.5 Å². The van der Waals surface area contributed by atoms with Crippen LogP contribution in [0.3, 0.4) is 0 Å². The number of para-hydroxylation sites is 1. The number of aryl methyl sites for hydroxylation is 2. The lowest BCUT2D eigenvalue weighted by atomic mass is 10.1. The number of amidine groups is 1. The second kappa shape index (κ2) is 6.06. The van der Waals surface area contributed by atoms with E-state index < -0.39 is 0 Å². The van der Waals surface area contributed by atoms with Crippen LogP contribution < -0.4 is 10.7 Å². The smallest absolute Gasteiger partial charge is 0.272 e. The molecule has 3 rings (SSSR count). The zero-order chi connectivity index (χ0) is 15.5. The number of rotatable bonds is 4. The molecule has 0 atom stereocenters. The lowest BCUT2D eigenvalue weighted by Crippen LogP contribution is -2.76. The minimum atomic E-state index is 0.734. The summed E-state index contributed by atoms with van der Waals surface area (Å²) in [6.07, 6.45) is 0.947. The van der Waals surface area contributed by atoms with Gasteiger partial charge >= 0.3 is 0 Å². The highest BCUT2D eigenvalue weighted by atomic mass is 14.8. The van der Waals surface area contributed by atoms with Crippen molar-refractivity contribution in [2.75, 3.05) is 6.54 Å². The van der Waals surface area contributed by atoms with Gasteiger partial charge in [0.15, 0.2) is 0 Å². The van der Waals surface area contributed by atoms with Crippen molar-refractivity contribution in [1.29, 1.82) is 0 Å². The molecule has 3 heteroatoms. The number of hydrogen-bond acceptors (Lipinski definition) is 0. The van der Waals surface area contributed by atoms with E-state index >= 15 is 0 Å². The molecule has 0 saturated heterocycles. The Hall–Kier alpha value is -2.55. The molecule has 0 radical (unpaired) electrons. The molecule has 4 N–H and O–H groups in total. The maximum atomic E-state index is 6.13. The lowest BCUT2D eigenvalue weighted by molar-refractivity contribution is -0.456. The summed E-state index contributed by atoms with van der Waals surface area (Å²) in [6, 6.07) is 16.7. The van der Waals surface area contributed by atoms with Crippen molar-refractivity contribution in [2.24, 2.45) is 5.73 Å². The first-order valence-corrected chi connectivity index (χ1v) is 7.64. The molecule has 0 saturated carbocycles. The minimum absolute atomic E-state index is 0.734. The first-order valence-electron chi connectivity index (χ1n) is 7.64. The van der Waals surface area contributed by atoms with Gasteiger partial charge in [0.1, 0.15) is 0 Å². The topological polar surface area (TPSA) is 55.8 Å². The van der Waals surface area contributed by atoms with Gasteiger partial charge in [-0.3, -0.25) is 10.7 Å². The summed E-state index contributed by atoms with van der Waals surface area (Å²) in [5, 5.41) is 1.30. The van der Waals surface area contributed by atoms with Crippen LogP contribution in [0.4, 0.5) is 0 Å². The minimum Gasteiger partial charge on any atom is -0.358 e. The van der Waals surface area contributed by atoms with E-state index in [1.165, 1.54) is 27.7 Å². The van der Waals surface area contributed by atoms with E-state index in [1.54, 1.807) is 0 Å². The molecular formula is C19H22N3+. The van der Waals surface area contributed by atoms with Crippen LogP contribution >= 0.6 is 0 Å². The Morgan fingerprint density at radius 1 is 1.05 bits per heavy atom. The molecule has 0 aliphatic rings. The van der Waals surface area contributed by atoms with Crippen LogP contribution in [-0.2, 0) is 6.42 Å². The van der Waals surface area contributed by atoms with Crippen LogP contribution in [0.25, 0.3) is 10.9 Å². The van der Waals surface area contributed by atoms with Gasteiger partial charge in [-0.25, -0.2) is 0 Å². The van der Waals surface area contributed by atoms with Crippen molar-refractivity contribution in [2.45, 2.75) is 20.3 Å². The molecule has 0 fully saturated rings. The lowest BCUT2D eigenvalue weighted by Gasteiger charge is -2.00. The summed E-state index contributed by atoms with van der Waals surface area (Å²) in [7, 11) is 0. The van der Waals surface area contributed by atoms with E-state index in [0.29, 0.717) is 0 Å². The summed E-state index contributed by atoms with van der Waals surface area (Å²) in [4.78, 5) is 6.77. The molecule has 112 valence electrons. The average Bonchev–Trinajstić information content (AvgIpc) is 2.84. The fraction of sp³-hybridized carbons (Fsp3) is 0.211. The van der Waals surface area contributed by atoms with E-state index in [1.807, 2.05) is 0 Å². The zero-order valence-electron chi connectivity index (χ0n) is 13.1. The Kier molecular flexibility index (Phi) is 3.96. The maximum Gasteiger partial charge on any atom is 0.272 e. The van der Waals surface area contributed by atoms with Crippen molar-refractivity contribution in [3.05, 3.63) is 70.9 Å². The molecule has 3 nitrogen and oxygen atoms in total. The van der Waals surface area contributed by atoms with Gasteiger partial charge in [-0.2, -0.15) is 0 Å². The highest BCUT2D eigenvalue weighted by Gasteiger charge is 2.08. The summed E-state index contributed by atoms with van der Waals surface area (Å²) in [5.41, 5.74) is 12.2. The first-order chi connectivity index (χ1) is 10.6. The Bertz CT molecular complexity index is 810. The van der Waals surface area contributed by atoms with Gasteiger partial charge in [0.25, 0.3) is 5.84 Å². The second-order valence-electron chi connectivity index (χ2n) is 5.73. The number of benzene rings is 2. The van der Waals surface area contributed by atoms with Gasteiger partial charge in [0.2, 0.25) is 0 Å². The number of nitrogen functional groups attached to an aromatic ring is 1. The maximum absolute atomic E-state index is 6.13. The standard InChI is InChI=1S/C19H21N3/c1-13-7-9-15(10-8-13)19(20)21-12-11-16-14(2)22-18-6-4-3-5-17(16)18/h3-10,22H,11-12H2,1-2H3,(H2,20,21)/p+1. The summed E-state index contributed by atoms with van der Waals surface area (Å²) >= 11 is 0. The molecule has 3 aromatic rings. The number of nitrogens with one attached hydrogen (secondary N) is 2. The zero-order valence-corrected chi connectivity index (χ0v) is 13.1. The molecule has 0 spiro atoms. The third-order valence-corrected chi connectivity index (χ3v) is 4.08. The molecule has 2 aromatic carbocycles. The van der Waals surface area contributed by atoms with Crippen molar-refractivity contribution in [3.8, 4) is 0 Å². The number of hydrogen-bond donors (Lipinski definition) is 3. The highest BCUT2D eigenvalue weighted by Crippen LogP contribution is 2.21. The molecule has 1 aromatic heterocycles. The Balaban J connectivity index is 1.75. The monoisotopic (exact) mass is 292 g/mol. The third kappa shape index (κ3) is 2.89. The van der Waals surface area contributed by atoms with Gasteiger partial charge in [0.05, 0.1) is 12.1 Å². The van der Waals surface area contributed by atoms with Crippen LogP contribution in [0, 0.1) is 13.8 Å². The van der Waals surface area contributed by atoms with Gasteiger partial charge in [-0.1, -0.05) is 35.9 Å². The van der Waals surface area contributed by atoms with E-state index in [9.17, 15) is 0 Å². The van der Waals surface area contributed by atoms with E-state index in [-0.39, 0.29) is 0 Å². The predicted molar refractivity (Wildman–Crippen MR) is 92.0 cm³/mol. The molecule has 0 amide bonds. The fourth-order valence-corrected chi connectivity index (χ4v) is 2.81. The number of aromatic amines is 1. The van der Waals surface area contributed by atoms with Gasteiger partial charge in [-0.05, 0) is 37.6 Å². The van der Waals surface area contributed by atoms with Crippen molar-refractivity contribution in [1.82, 2.24) is 4.98 Å². The molecule has 0 aliphatic carbocycles. The first kappa shape index (κ1) is 14.4. The van der Waals surface area contributed by atoms with Gasteiger partial charge in [-0.15, -0.1) is 0 Å². The number of aromatic nitrogens is 1. The fourth-order valence-electron chi connectivity index (χ4n) is 2.81. The largest absolute Gasteiger partial charge is 0.358 e. The molecule has 0 bridgehead atoms. The Morgan fingerprint density at radius 2 is 1.77 bits per heavy atom. The van der Waals surface area contributed by atoms with Crippen LogP contribution in [0.5, 0.6) is 0 Å². The molecule has 1 heterocycles. The quantitative estimate of drug-likeness (QED) is 0.498. The SMILES string of the molecule is Cc1ccc(C(N)=[NH+]CCc2c(C)[nH]c3ccccc23)cc1. The number of nitrogens with two attached hydrogens (primary N) is 1.